The SMILES string of the molecule is Cc1ccc(Cl)cc1N1C(=O)C(=O)/C(=C(/O)c2ccc(F)cc2)C1c1ccccc1. The Hall–Kier alpha value is -3.44. The Morgan fingerprint density at radius 1 is 1.00 bits per heavy atom. The fourth-order valence-corrected chi connectivity index (χ4v) is 3.80. The van der Waals surface area contributed by atoms with Gasteiger partial charge in [-0.15, -0.1) is 0 Å². The number of Topliss-reactive ketones (excluding diaryl/α,β-unsaturated/α-hetero) is 1. The van der Waals surface area contributed by atoms with Crippen molar-refractivity contribution >= 4 is 34.7 Å². The number of ketones is 1. The van der Waals surface area contributed by atoms with Crippen LogP contribution in [0, 0.1) is 12.7 Å². The fourth-order valence-electron chi connectivity index (χ4n) is 3.64. The summed E-state index contributed by atoms with van der Waals surface area (Å²) in [4.78, 5) is 27.5. The van der Waals surface area contributed by atoms with Gasteiger partial charge in [0.25, 0.3) is 11.7 Å². The van der Waals surface area contributed by atoms with E-state index >= 15 is 0 Å². The lowest BCUT2D eigenvalue weighted by Gasteiger charge is -2.27. The average molecular weight is 422 g/mol. The second-order valence-corrected chi connectivity index (χ2v) is 7.45. The molecule has 3 aromatic carbocycles. The molecular formula is C24H17ClFNO3. The van der Waals surface area contributed by atoms with E-state index < -0.39 is 23.5 Å². The molecule has 1 fully saturated rings. The molecule has 1 atom stereocenters. The van der Waals surface area contributed by atoms with E-state index in [0.29, 0.717) is 16.3 Å². The zero-order valence-corrected chi connectivity index (χ0v) is 16.7. The standard InChI is InChI=1S/C24H17ClFNO3/c1-14-7-10-17(25)13-19(14)27-21(15-5-3-2-4-6-15)20(23(29)24(27)30)22(28)16-8-11-18(26)12-9-16/h2-13,21,28H,1H3/b22-20+. The van der Waals surface area contributed by atoms with Gasteiger partial charge in [0.2, 0.25) is 0 Å². The number of aliphatic hydroxyl groups is 1. The van der Waals surface area contributed by atoms with Crippen molar-refractivity contribution in [3.05, 3.63) is 106 Å². The highest BCUT2D eigenvalue weighted by molar-refractivity contribution is 6.52. The predicted molar refractivity (Wildman–Crippen MR) is 114 cm³/mol. The molecule has 30 heavy (non-hydrogen) atoms. The summed E-state index contributed by atoms with van der Waals surface area (Å²) >= 11 is 6.16. The van der Waals surface area contributed by atoms with Crippen molar-refractivity contribution in [3.8, 4) is 0 Å². The molecule has 1 aliphatic rings. The van der Waals surface area contributed by atoms with Crippen molar-refractivity contribution in [2.75, 3.05) is 4.90 Å². The lowest BCUT2D eigenvalue weighted by molar-refractivity contribution is -0.132. The lowest BCUT2D eigenvalue weighted by atomic mass is 9.95. The number of anilines is 1. The second-order valence-electron chi connectivity index (χ2n) is 7.02. The maximum absolute atomic E-state index is 13.3. The predicted octanol–water partition coefficient (Wildman–Crippen LogP) is 5.41. The van der Waals surface area contributed by atoms with E-state index in [9.17, 15) is 19.1 Å². The van der Waals surface area contributed by atoms with Crippen molar-refractivity contribution in [1.82, 2.24) is 0 Å². The van der Waals surface area contributed by atoms with Crippen molar-refractivity contribution < 1.29 is 19.1 Å². The third kappa shape index (κ3) is 3.37. The van der Waals surface area contributed by atoms with Gasteiger partial charge in [-0.2, -0.15) is 0 Å². The first-order valence-electron chi connectivity index (χ1n) is 9.26. The molecule has 1 saturated heterocycles. The number of aliphatic hydroxyl groups excluding tert-OH is 1. The maximum Gasteiger partial charge on any atom is 0.300 e. The van der Waals surface area contributed by atoms with E-state index in [1.54, 1.807) is 42.5 Å². The van der Waals surface area contributed by atoms with Crippen molar-refractivity contribution in [2.24, 2.45) is 0 Å². The van der Waals surface area contributed by atoms with Crippen LogP contribution < -0.4 is 4.90 Å². The molecule has 1 amide bonds. The van der Waals surface area contributed by atoms with Crippen LogP contribution in [0.4, 0.5) is 10.1 Å². The van der Waals surface area contributed by atoms with Gasteiger partial charge in [0, 0.05) is 16.3 Å². The number of carbonyl (C=O) groups is 2. The minimum absolute atomic E-state index is 0.0582. The van der Waals surface area contributed by atoms with Gasteiger partial charge in [0.1, 0.15) is 11.6 Å². The number of aryl methyl sites for hydroxylation is 1. The van der Waals surface area contributed by atoms with Gasteiger partial charge in [-0.3, -0.25) is 14.5 Å². The van der Waals surface area contributed by atoms with Gasteiger partial charge in [0.05, 0.1) is 11.6 Å². The van der Waals surface area contributed by atoms with Crippen LogP contribution in [-0.2, 0) is 9.59 Å². The van der Waals surface area contributed by atoms with Crippen LogP contribution in [0.25, 0.3) is 5.76 Å². The largest absolute Gasteiger partial charge is 0.507 e. The quantitative estimate of drug-likeness (QED) is 0.349. The minimum Gasteiger partial charge on any atom is -0.507 e. The number of hydrogen-bond acceptors (Lipinski definition) is 3. The number of halogens is 2. The summed E-state index contributed by atoms with van der Waals surface area (Å²) < 4.78 is 13.3. The molecular weight excluding hydrogens is 405 g/mol. The van der Waals surface area contributed by atoms with Crippen molar-refractivity contribution in [3.63, 3.8) is 0 Å². The van der Waals surface area contributed by atoms with Crippen molar-refractivity contribution in [2.45, 2.75) is 13.0 Å². The number of hydrogen-bond donors (Lipinski definition) is 1. The van der Waals surface area contributed by atoms with Crippen LogP contribution in [0.2, 0.25) is 5.02 Å². The number of amides is 1. The second kappa shape index (κ2) is 7.76. The molecule has 3 aromatic rings. The Kier molecular flexibility index (Phi) is 5.14. The molecule has 0 spiro atoms. The van der Waals surface area contributed by atoms with Crippen molar-refractivity contribution in [1.29, 1.82) is 0 Å². The zero-order valence-electron chi connectivity index (χ0n) is 16.0. The third-order valence-corrected chi connectivity index (χ3v) is 5.34. The summed E-state index contributed by atoms with van der Waals surface area (Å²) in [5, 5.41) is 11.4. The highest BCUT2D eigenvalue weighted by atomic mass is 35.5. The first-order chi connectivity index (χ1) is 14.4. The molecule has 0 radical (unpaired) electrons. The normalized spacial score (nSPS) is 18.1. The highest BCUT2D eigenvalue weighted by Crippen LogP contribution is 2.43. The number of nitrogens with zero attached hydrogens (tertiary/aromatic N) is 1. The number of carbonyl (C=O) groups excluding carboxylic acids is 2. The fraction of sp³-hybridized carbons (Fsp3) is 0.0833. The Bertz CT molecular complexity index is 1170. The Labute approximate surface area is 177 Å². The molecule has 6 heteroatoms. The molecule has 1 heterocycles. The van der Waals surface area contributed by atoms with E-state index in [0.717, 1.165) is 5.56 Å². The molecule has 4 rings (SSSR count). The van der Waals surface area contributed by atoms with E-state index in [-0.39, 0.29) is 16.9 Å². The summed E-state index contributed by atoms with van der Waals surface area (Å²) in [7, 11) is 0. The van der Waals surface area contributed by atoms with E-state index in [4.69, 9.17) is 11.6 Å². The molecule has 150 valence electrons. The van der Waals surface area contributed by atoms with Gasteiger partial charge in [-0.1, -0.05) is 48.0 Å². The number of benzene rings is 3. The van der Waals surface area contributed by atoms with Crippen LogP contribution in [0.3, 0.4) is 0 Å². The summed E-state index contributed by atoms with van der Waals surface area (Å²) in [6.45, 7) is 1.81. The monoisotopic (exact) mass is 421 g/mol. The molecule has 1 aliphatic heterocycles. The lowest BCUT2D eigenvalue weighted by Crippen LogP contribution is -2.30. The van der Waals surface area contributed by atoms with Gasteiger partial charge in [-0.05, 0) is 54.4 Å². The molecule has 4 nitrogen and oxygen atoms in total. The Balaban J connectivity index is 1.97. The highest BCUT2D eigenvalue weighted by Gasteiger charge is 2.47. The maximum atomic E-state index is 13.3. The molecule has 1 N–H and O–H groups in total. The number of rotatable bonds is 3. The van der Waals surface area contributed by atoms with Crippen LogP contribution in [0.5, 0.6) is 0 Å². The molecule has 0 aromatic heterocycles. The molecule has 0 bridgehead atoms. The summed E-state index contributed by atoms with van der Waals surface area (Å²) in [6, 6.07) is 18.3. The first-order valence-corrected chi connectivity index (χ1v) is 9.64. The van der Waals surface area contributed by atoms with Gasteiger partial charge in [-0.25, -0.2) is 4.39 Å². The smallest absolute Gasteiger partial charge is 0.300 e. The van der Waals surface area contributed by atoms with Gasteiger partial charge >= 0.3 is 0 Å². The van der Waals surface area contributed by atoms with Crippen LogP contribution in [0.1, 0.15) is 22.7 Å². The third-order valence-electron chi connectivity index (χ3n) is 5.11. The molecule has 1 unspecified atom stereocenters. The average Bonchev–Trinajstić information content (AvgIpc) is 3.01. The van der Waals surface area contributed by atoms with Crippen LogP contribution in [0.15, 0.2) is 78.4 Å². The topological polar surface area (TPSA) is 57.6 Å². The Morgan fingerprint density at radius 2 is 1.67 bits per heavy atom. The first kappa shape index (κ1) is 19.9. The van der Waals surface area contributed by atoms with Crippen LogP contribution >= 0.6 is 11.6 Å². The van der Waals surface area contributed by atoms with Crippen LogP contribution in [-0.4, -0.2) is 16.8 Å². The summed E-state index contributed by atoms with van der Waals surface area (Å²) in [5.41, 5.74) is 2.08. The minimum atomic E-state index is -0.853. The molecule has 0 aliphatic carbocycles. The van der Waals surface area contributed by atoms with E-state index in [2.05, 4.69) is 0 Å². The summed E-state index contributed by atoms with van der Waals surface area (Å²) in [5.74, 6) is -2.41. The van der Waals surface area contributed by atoms with E-state index in [1.165, 1.54) is 29.2 Å². The van der Waals surface area contributed by atoms with Gasteiger partial charge < -0.3 is 5.11 Å². The summed E-state index contributed by atoms with van der Waals surface area (Å²) in [6.07, 6.45) is 0. The van der Waals surface area contributed by atoms with E-state index in [1.807, 2.05) is 13.0 Å². The van der Waals surface area contributed by atoms with Gasteiger partial charge in [0.15, 0.2) is 0 Å². The Morgan fingerprint density at radius 3 is 2.33 bits per heavy atom. The molecule has 0 saturated carbocycles. The zero-order chi connectivity index (χ0) is 21.4.